The fourth-order valence-electron chi connectivity index (χ4n) is 2.92. The number of guanidine groups is 1. The molecule has 7 nitrogen and oxygen atoms in total. The molecule has 0 radical (unpaired) electrons. The summed E-state index contributed by atoms with van der Waals surface area (Å²) in [5.74, 6) is -2.82. The molecular weight excluding hydrogens is 447 g/mol. The molecule has 2 aromatic carbocycles. The molecule has 0 aliphatic carbocycles. The topological polar surface area (TPSA) is 91.4 Å². The molecule has 1 amide bonds. The highest BCUT2D eigenvalue weighted by molar-refractivity contribution is 6.09. The molecule has 0 atom stereocenters. The van der Waals surface area contributed by atoms with Crippen LogP contribution in [0.3, 0.4) is 0 Å². The minimum Gasteiger partial charge on any atom is -0.379 e. The molecule has 1 aromatic heterocycles. The van der Waals surface area contributed by atoms with Crippen LogP contribution in [-0.4, -0.2) is 41.3 Å². The summed E-state index contributed by atoms with van der Waals surface area (Å²) in [6.45, 7) is 6.33. The Hall–Kier alpha value is -3.66. The van der Waals surface area contributed by atoms with Crippen molar-refractivity contribution < 1.29 is 22.7 Å². The highest BCUT2D eigenvalue weighted by Crippen LogP contribution is 2.22. The van der Waals surface area contributed by atoms with Gasteiger partial charge in [-0.25, -0.2) is 13.2 Å². The highest BCUT2D eigenvalue weighted by atomic mass is 19.2. The normalized spacial score (nSPS) is 11.7. The third-order valence-corrected chi connectivity index (χ3v) is 4.74. The van der Waals surface area contributed by atoms with Crippen LogP contribution < -0.4 is 10.6 Å². The van der Waals surface area contributed by atoms with Gasteiger partial charge in [-0.2, -0.15) is 5.10 Å². The van der Waals surface area contributed by atoms with Gasteiger partial charge in [-0.1, -0.05) is 12.1 Å². The Morgan fingerprint density at radius 1 is 1.09 bits per heavy atom. The Balaban J connectivity index is 1.75. The van der Waals surface area contributed by atoms with Crippen LogP contribution in [0.1, 0.15) is 36.2 Å². The van der Waals surface area contributed by atoms with Crippen molar-refractivity contribution in [1.82, 2.24) is 15.5 Å². The zero-order valence-corrected chi connectivity index (χ0v) is 19.1. The maximum Gasteiger partial charge on any atom is 0.258 e. The second-order valence-electron chi connectivity index (χ2n) is 7.84. The van der Waals surface area contributed by atoms with Crippen LogP contribution in [0.25, 0.3) is 11.3 Å². The molecule has 0 saturated heterocycles. The maximum absolute atomic E-state index is 13.9. The lowest BCUT2D eigenvalue weighted by molar-refractivity contribution is 0.0783. The molecule has 10 heteroatoms. The molecule has 0 aliphatic rings. The predicted molar refractivity (Wildman–Crippen MR) is 124 cm³/mol. The largest absolute Gasteiger partial charge is 0.379 e. The lowest BCUT2D eigenvalue weighted by atomic mass is 10.1. The van der Waals surface area contributed by atoms with Gasteiger partial charge < -0.3 is 10.1 Å². The van der Waals surface area contributed by atoms with Crippen molar-refractivity contribution >= 4 is 17.7 Å². The van der Waals surface area contributed by atoms with Crippen LogP contribution in [0.5, 0.6) is 0 Å². The number of aryl methyl sites for hydroxylation is 1. The molecule has 0 bridgehead atoms. The number of hydrogen-bond acceptors (Lipinski definition) is 4. The second kappa shape index (κ2) is 11.5. The van der Waals surface area contributed by atoms with Crippen molar-refractivity contribution in [2.75, 3.05) is 18.5 Å². The first-order valence-electron chi connectivity index (χ1n) is 10.7. The lowest BCUT2D eigenvalue weighted by Crippen LogP contribution is -2.36. The number of aromatic nitrogens is 2. The van der Waals surface area contributed by atoms with Gasteiger partial charge in [-0.15, -0.1) is 0 Å². The number of nitrogens with zero attached hydrogens (tertiary/aromatic N) is 2. The summed E-state index contributed by atoms with van der Waals surface area (Å²) < 4.78 is 46.1. The number of halogens is 3. The average Bonchev–Trinajstić information content (AvgIpc) is 3.25. The quantitative estimate of drug-likeness (QED) is 0.249. The summed E-state index contributed by atoms with van der Waals surface area (Å²) in [5, 5.41) is 12.4. The van der Waals surface area contributed by atoms with Crippen molar-refractivity contribution in [3.05, 3.63) is 71.0 Å². The zero-order valence-electron chi connectivity index (χ0n) is 19.1. The monoisotopic (exact) mass is 473 g/mol. The Bertz CT molecular complexity index is 1180. The number of aliphatic imine (C=N–C) groups is 1. The number of amides is 1. The van der Waals surface area contributed by atoms with Gasteiger partial charge in [0.2, 0.25) is 5.96 Å². The third-order valence-electron chi connectivity index (χ3n) is 4.74. The van der Waals surface area contributed by atoms with Gasteiger partial charge in [0.15, 0.2) is 17.5 Å². The number of benzene rings is 2. The molecule has 0 saturated carbocycles. The van der Waals surface area contributed by atoms with Crippen molar-refractivity contribution in [2.24, 2.45) is 4.99 Å². The summed E-state index contributed by atoms with van der Waals surface area (Å²) in [6, 6.07) is 9.28. The van der Waals surface area contributed by atoms with Crippen LogP contribution in [0.4, 0.5) is 19.0 Å². The number of aromatic amines is 1. The summed E-state index contributed by atoms with van der Waals surface area (Å²) in [7, 11) is 0. The van der Waals surface area contributed by atoms with E-state index in [4.69, 9.17) is 4.74 Å². The van der Waals surface area contributed by atoms with Gasteiger partial charge in [0.25, 0.3) is 5.91 Å². The molecule has 3 rings (SSSR count). The lowest BCUT2D eigenvalue weighted by Gasteiger charge is -2.11. The molecule has 3 aromatic rings. The first-order chi connectivity index (χ1) is 16.2. The molecule has 1 heterocycles. The molecule has 0 spiro atoms. The van der Waals surface area contributed by atoms with E-state index in [1.54, 1.807) is 25.1 Å². The minimum absolute atomic E-state index is 0.0624. The van der Waals surface area contributed by atoms with Crippen LogP contribution in [0, 0.1) is 24.4 Å². The molecule has 34 heavy (non-hydrogen) atoms. The van der Waals surface area contributed by atoms with E-state index in [2.05, 4.69) is 25.8 Å². The van der Waals surface area contributed by atoms with Gasteiger partial charge >= 0.3 is 0 Å². The third kappa shape index (κ3) is 6.92. The van der Waals surface area contributed by atoms with E-state index in [0.29, 0.717) is 42.2 Å². The van der Waals surface area contributed by atoms with E-state index < -0.39 is 17.5 Å². The first-order valence-corrected chi connectivity index (χ1v) is 10.7. The first kappa shape index (κ1) is 25.0. The van der Waals surface area contributed by atoms with Gasteiger partial charge in [-0.3, -0.25) is 20.2 Å². The van der Waals surface area contributed by atoms with Gasteiger partial charge in [0, 0.05) is 30.3 Å². The zero-order chi connectivity index (χ0) is 24.7. The summed E-state index contributed by atoms with van der Waals surface area (Å²) >= 11 is 0. The Morgan fingerprint density at radius 3 is 2.59 bits per heavy atom. The molecule has 0 fully saturated rings. The number of ether oxygens (including phenoxy) is 1. The molecule has 180 valence electrons. The summed E-state index contributed by atoms with van der Waals surface area (Å²) in [6.07, 6.45) is 0.683. The van der Waals surface area contributed by atoms with Crippen LogP contribution in [-0.2, 0) is 4.74 Å². The van der Waals surface area contributed by atoms with Gasteiger partial charge in [0.1, 0.15) is 5.82 Å². The SMILES string of the molecule is Cc1ccc(-c2cc(NC(=NCCCOC(C)C)NC(=O)c3ccc(F)c(F)c3)n[nH]2)cc1F. The van der Waals surface area contributed by atoms with E-state index in [0.717, 1.165) is 12.1 Å². The second-order valence-corrected chi connectivity index (χ2v) is 7.84. The van der Waals surface area contributed by atoms with E-state index >= 15 is 0 Å². The number of hydrogen-bond donors (Lipinski definition) is 3. The van der Waals surface area contributed by atoms with Crippen molar-refractivity contribution in [1.29, 1.82) is 0 Å². The Morgan fingerprint density at radius 2 is 1.88 bits per heavy atom. The van der Waals surface area contributed by atoms with Crippen molar-refractivity contribution in [3.8, 4) is 11.3 Å². The van der Waals surface area contributed by atoms with Gasteiger partial charge in [-0.05, 0) is 57.0 Å². The summed E-state index contributed by atoms with van der Waals surface area (Å²) in [4.78, 5) is 16.9. The van der Waals surface area contributed by atoms with Crippen LogP contribution in [0.2, 0.25) is 0 Å². The maximum atomic E-state index is 13.9. The van der Waals surface area contributed by atoms with E-state index in [-0.39, 0.29) is 23.4 Å². The average molecular weight is 473 g/mol. The Labute approximate surface area is 195 Å². The standard InChI is InChI=1S/C24H26F3N5O2/c1-14(2)34-10-4-9-28-24(30-23(33)17-7-8-18(25)20(27)12-17)29-22-13-21(31-32-22)16-6-5-15(3)19(26)11-16/h5-8,11-14H,4,9-10H2,1-3H3,(H3,28,29,30,31,32,33). The van der Waals surface area contributed by atoms with Crippen LogP contribution >= 0.6 is 0 Å². The molecule has 0 aliphatic heterocycles. The number of rotatable bonds is 8. The number of H-pyrrole nitrogens is 1. The summed E-state index contributed by atoms with van der Waals surface area (Å²) in [5.41, 5.74) is 1.60. The fourth-order valence-corrected chi connectivity index (χ4v) is 2.92. The Kier molecular flexibility index (Phi) is 8.42. The molecular formula is C24H26F3N5O2. The smallest absolute Gasteiger partial charge is 0.258 e. The van der Waals surface area contributed by atoms with E-state index in [1.807, 2.05) is 13.8 Å². The van der Waals surface area contributed by atoms with E-state index in [1.165, 1.54) is 12.1 Å². The highest BCUT2D eigenvalue weighted by Gasteiger charge is 2.14. The number of carbonyl (C=O) groups is 1. The van der Waals surface area contributed by atoms with Gasteiger partial charge in [0.05, 0.1) is 11.8 Å². The number of nitrogens with one attached hydrogen (secondary N) is 3. The van der Waals surface area contributed by atoms with E-state index in [9.17, 15) is 18.0 Å². The number of carbonyl (C=O) groups excluding carboxylic acids is 1. The molecule has 0 unspecified atom stereocenters. The predicted octanol–water partition coefficient (Wildman–Crippen LogP) is 4.82. The minimum atomic E-state index is -1.13. The van der Waals surface area contributed by atoms with Crippen molar-refractivity contribution in [3.63, 3.8) is 0 Å². The van der Waals surface area contributed by atoms with Crippen molar-refractivity contribution in [2.45, 2.75) is 33.3 Å². The molecule has 3 N–H and O–H groups in total. The van der Waals surface area contributed by atoms with Crippen LogP contribution in [0.15, 0.2) is 47.5 Å². The number of anilines is 1. The fraction of sp³-hybridized carbons (Fsp3) is 0.292.